The number of carboxylic acid groups (broad SMARTS) is 2. The van der Waals surface area contributed by atoms with Gasteiger partial charge in [0.15, 0.2) is 0 Å². The Balaban J connectivity index is 1.89. The molecule has 3 rings (SSSR count). The third-order valence-corrected chi connectivity index (χ3v) is 5.11. The second-order valence-electron chi connectivity index (χ2n) is 6.67. The molecule has 24 heavy (non-hydrogen) atoms. The molecule has 0 bridgehead atoms. The zero-order chi connectivity index (χ0) is 17.3. The molecule has 0 spiro atoms. The van der Waals surface area contributed by atoms with Crippen molar-refractivity contribution in [3.05, 3.63) is 24.0 Å². The summed E-state index contributed by atoms with van der Waals surface area (Å²) in [5, 5.41) is 18.3. The van der Waals surface area contributed by atoms with Crippen molar-refractivity contribution in [3.8, 4) is 0 Å². The van der Waals surface area contributed by atoms with Gasteiger partial charge in [0.1, 0.15) is 12.1 Å². The Morgan fingerprint density at radius 3 is 2.83 bits per heavy atom. The molecule has 0 aromatic carbocycles. The largest absolute Gasteiger partial charge is 0.480 e. The van der Waals surface area contributed by atoms with Crippen LogP contribution in [0, 0.1) is 5.92 Å². The van der Waals surface area contributed by atoms with Gasteiger partial charge in [-0.15, -0.1) is 0 Å². The standard InChI is InChI=1S/C17H23N3O4/c18-12(16(21)22)6-4-10-9-20-8-2-1-3-14(20)11-5-7-13(17(23)24)19-15(10)11/h2,8-9,11-14H,1,3-7,18H2,(H,21,22)(H,23,24)/t11-,12+,13+,14+/m1/s1. The van der Waals surface area contributed by atoms with Crippen molar-refractivity contribution in [2.45, 2.75) is 56.7 Å². The van der Waals surface area contributed by atoms with E-state index >= 15 is 0 Å². The third-order valence-electron chi connectivity index (χ3n) is 5.11. The van der Waals surface area contributed by atoms with E-state index < -0.39 is 24.0 Å². The highest BCUT2D eigenvalue weighted by molar-refractivity contribution is 6.04. The van der Waals surface area contributed by atoms with Gasteiger partial charge in [-0.05, 0) is 50.3 Å². The van der Waals surface area contributed by atoms with Crippen LogP contribution in [-0.2, 0) is 9.59 Å². The monoisotopic (exact) mass is 333 g/mol. The minimum atomic E-state index is -1.02. The highest BCUT2D eigenvalue weighted by atomic mass is 16.4. The van der Waals surface area contributed by atoms with E-state index in [2.05, 4.69) is 22.2 Å². The molecule has 4 atom stereocenters. The Bertz CT molecular complexity index is 625. The van der Waals surface area contributed by atoms with Gasteiger partial charge in [0.2, 0.25) is 0 Å². The lowest BCUT2D eigenvalue weighted by atomic mass is 9.76. The van der Waals surface area contributed by atoms with Crippen molar-refractivity contribution in [2.75, 3.05) is 0 Å². The van der Waals surface area contributed by atoms with Gasteiger partial charge < -0.3 is 20.8 Å². The molecule has 3 aliphatic heterocycles. The topological polar surface area (TPSA) is 116 Å². The number of nitrogens with zero attached hydrogens (tertiary/aromatic N) is 2. The van der Waals surface area contributed by atoms with Crippen LogP contribution < -0.4 is 5.73 Å². The van der Waals surface area contributed by atoms with Crippen LogP contribution in [0.5, 0.6) is 0 Å². The number of aliphatic imine (C=N–C) groups is 1. The normalized spacial score (nSPS) is 29.9. The number of nitrogens with two attached hydrogens (primary N) is 1. The average molecular weight is 333 g/mol. The van der Waals surface area contributed by atoms with Crippen LogP contribution >= 0.6 is 0 Å². The molecule has 0 saturated carbocycles. The lowest BCUT2D eigenvalue weighted by Crippen LogP contribution is -2.47. The minimum Gasteiger partial charge on any atom is -0.480 e. The van der Waals surface area contributed by atoms with Crippen molar-refractivity contribution >= 4 is 17.7 Å². The van der Waals surface area contributed by atoms with E-state index in [1.807, 2.05) is 6.20 Å². The molecular formula is C17H23N3O4. The summed E-state index contributed by atoms with van der Waals surface area (Å²) in [6.07, 6.45) is 10.4. The van der Waals surface area contributed by atoms with Gasteiger partial charge in [-0.2, -0.15) is 0 Å². The smallest absolute Gasteiger partial charge is 0.328 e. The molecule has 3 heterocycles. The molecule has 4 N–H and O–H groups in total. The summed E-state index contributed by atoms with van der Waals surface area (Å²) in [4.78, 5) is 29.0. The Kier molecular flexibility index (Phi) is 4.71. The molecule has 0 unspecified atom stereocenters. The Morgan fingerprint density at radius 2 is 2.12 bits per heavy atom. The Morgan fingerprint density at radius 1 is 1.33 bits per heavy atom. The van der Waals surface area contributed by atoms with Crippen LogP contribution in [0.3, 0.4) is 0 Å². The lowest BCUT2D eigenvalue weighted by Gasteiger charge is -2.44. The third kappa shape index (κ3) is 3.21. The quantitative estimate of drug-likeness (QED) is 0.699. The van der Waals surface area contributed by atoms with Crippen LogP contribution in [-0.4, -0.2) is 50.9 Å². The van der Waals surface area contributed by atoms with Crippen LogP contribution in [0.25, 0.3) is 0 Å². The van der Waals surface area contributed by atoms with Crippen LogP contribution in [0.2, 0.25) is 0 Å². The summed E-state index contributed by atoms with van der Waals surface area (Å²) < 4.78 is 0. The fourth-order valence-corrected chi connectivity index (χ4v) is 3.82. The first-order valence-electron chi connectivity index (χ1n) is 8.41. The minimum absolute atomic E-state index is 0.214. The Hall–Kier alpha value is -2.15. The van der Waals surface area contributed by atoms with Gasteiger partial charge in [0, 0.05) is 23.9 Å². The summed E-state index contributed by atoms with van der Waals surface area (Å²) in [5.41, 5.74) is 7.39. The van der Waals surface area contributed by atoms with Crippen LogP contribution in [0.1, 0.15) is 38.5 Å². The SMILES string of the molecule is N[C@@H](CCC1=CN2C=CCC[C@H]2[C@H]2CC[C@@H](C(=O)O)N=C12)C(=O)O. The van der Waals surface area contributed by atoms with Gasteiger partial charge in [-0.1, -0.05) is 6.08 Å². The van der Waals surface area contributed by atoms with Crippen molar-refractivity contribution in [3.63, 3.8) is 0 Å². The van der Waals surface area contributed by atoms with E-state index in [0.717, 1.165) is 30.5 Å². The van der Waals surface area contributed by atoms with Crippen molar-refractivity contribution < 1.29 is 19.8 Å². The number of aliphatic carboxylic acids is 2. The summed E-state index contributed by atoms with van der Waals surface area (Å²) >= 11 is 0. The summed E-state index contributed by atoms with van der Waals surface area (Å²) in [7, 11) is 0. The molecule has 0 aromatic heterocycles. The zero-order valence-corrected chi connectivity index (χ0v) is 13.5. The molecular weight excluding hydrogens is 310 g/mol. The second kappa shape index (κ2) is 6.76. The maximum absolute atomic E-state index is 11.3. The summed E-state index contributed by atoms with van der Waals surface area (Å²) in [5.74, 6) is -1.70. The Labute approximate surface area is 140 Å². The lowest BCUT2D eigenvalue weighted by molar-refractivity contribution is -0.139. The number of hydrogen-bond acceptors (Lipinski definition) is 5. The van der Waals surface area contributed by atoms with Gasteiger partial charge in [0.25, 0.3) is 0 Å². The van der Waals surface area contributed by atoms with Crippen molar-refractivity contribution in [1.29, 1.82) is 0 Å². The van der Waals surface area contributed by atoms with E-state index in [-0.39, 0.29) is 5.92 Å². The first-order valence-corrected chi connectivity index (χ1v) is 8.41. The molecule has 0 amide bonds. The van der Waals surface area contributed by atoms with Gasteiger partial charge >= 0.3 is 11.9 Å². The van der Waals surface area contributed by atoms with E-state index in [9.17, 15) is 14.7 Å². The summed E-state index contributed by atoms with van der Waals surface area (Å²) in [6.45, 7) is 0. The second-order valence-corrected chi connectivity index (χ2v) is 6.67. The predicted octanol–water partition coefficient (Wildman–Crippen LogP) is 1.36. The van der Waals surface area contributed by atoms with Gasteiger partial charge in [-0.25, -0.2) is 4.79 Å². The number of carboxylic acids is 2. The fraction of sp³-hybridized carbons (Fsp3) is 0.588. The molecule has 0 aromatic rings. The maximum atomic E-state index is 11.3. The van der Waals surface area contributed by atoms with Gasteiger partial charge in [0.05, 0.1) is 0 Å². The number of fused-ring (bicyclic) bond motifs is 3. The average Bonchev–Trinajstić information content (AvgIpc) is 2.58. The van der Waals surface area contributed by atoms with E-state index in [1.54, 1.807) is 0 Å². The maximum Gasteiger partial charge on any atom is 0.328 e. The van der Waals surface area contributed by atoms with Gasteiger partial charge in [-0.3, -0.25) is 9.79 Å². The number of carbonyl (C=O) groups is 2. The number of hydrogen-bond donors (Lipinski definition) is 3. The van der Waals surface area contributed by atoms with E-state index in [1.165, 1.54) is 0 Å². The van der Waals surface area contributed by atoms with Crippen molar-refractivity contribution in [1.82, 2.24) is 4.90 Å². The van der Waals surface area contributed by atoms with E-state index in [4.69, 9.17) is 10.8 Å². The van der Waals surface area contributed by atoms with Crippen molar-refractivity contribution in [2.24, 2.45) is 16.6 Å². The fourth-order valence-electron chi connectivity index (χ4n) is 3.82. The highest BCUT2D eigenvalue weighted by Crippen LogP contribution is 2.37. The number of rotatable bonds is 5. The van der Waals surface area contributed by atoms with Crippen LogP contribution in [0.4, 0.5) is 0 Å². The zero-order valence-electron chi connectivity index (χ0n) is 13.5. The molecule has 7 nitrogen and oxygen atoms in total. The summed E-state index contributed by atoms with van der Waals surface area (Å²) in [6, 6.07) is -1.29. The highest BCUT2D eigenvalue weighted by Gasteiger charge is 2.39. The predicted molar refractivity (Wildman–Crippen MR) is 88.5 cm³/mol. The molecule has 0 radical (unpaired) electrons. The first-order chi connectivity index (χ1) is 11.5. The molecule has 7 heteroatoms. The number of allylic oxidation sites excluding steroid dienone is 2. The molecule has 0 saturated heterocycles. The van der Waals surface area contributed by atoms with E-state index in [0.29, 0.717) is 25.3 Å². The molecule has 0 fully saturated rings. The first kappa shape index (κ1) is 16.7. The van der Waals surface area contributed by atoms with Crippen LogP contribution in [0.15, 0.2) is 29.0 Å². The molecule has 0 aliphatic carbocycles. The molecule has 3 aliphatic rings. The molecule has 130 valence electrons.